The number of benzene rings is 1. The zero-order valence-electron chi connectivity index (χ0n) is 9.62. The topological polar surface area (TPSA) is 44.5 Å². The van der Waals surface area contributed by atoms with Crippen molar-refractivity contribution in [1.29, 1.82) is 0 Å². The fourth-order valence-electron chi connectivity index (χ4n) is 1.45. The molecule has 0 fully saturated rings. The van der Waals surface area contributed by atoms with Crippen molar-refractivity contribution in [3.8, 4) is 11.5 Å². The monoisotopic (exact) mass is 209 g/mol. The van der Waals surface area contributed by atoms with E-state index in [4.69, 9.17) is 15.2 Å². The summed E-state index contributed by atoms with van der Waals surface area (Å²) >= 11 is 0. The van der Waals surface area contributed by atoms with Crippen LogP contribution in [-0.2, 0) is 6.42 Å². The van der Waals surface area contributed by atoms with Crippen LogP contribution < -0.4 is 15.2 Å². The largest absolute Gasteiger partial charge is 0.497 e. The first-order valence-electron chi connectivity index (χ1n) is 5.17. The molecule has 1 aromatic rings. The Labute approximate surface area is 91.2 Å². The van der Waals surface area contributed by atoms with Gasteiger partial charge >= 0.3 is 0 Å². The van der Waals surface area contributed by atoms with Crippen LogP contribution >= 0.6 is 0 Å². The molecule has 0 saturated carbocycles. The summed E-state index contributed by atoms with van der Waals surface area (Å²) in [6, 6.07) is 6.01. The average molecular weight is 209 g/mol. The van der Waals surface area contributed by atoms with Crippen molar-refractivity contribution in [3.05, 3.63) is 23.8 Å². The lowest BCUT2D eigenvalue weighted by Crippen LogP contribution is -2.21. The quantitative estimate of drug-likeness (QED) is 0.806. The Morgan fingerprint density at radius 3 is 2.53 bits per heavy atom. The molecule has 1 aromatic carbocycles. The van der Waals surface area contributed by atoms with Gasteiger partial charge in [-0.25, -0.2) is 0 Å². The zero-order valence-corrected chi connectivity index (χ0v) is 9.62. The van der Waals surface area contributed by atoms with E-state index < -0.39 is 0 Å². The Kier molecular flexibility index (Phi) is 4.43. The molecule has 15 heavy (non-hydrogen) atoms. The van der Waals surface area contributed by atoms with Crippen molar-refractivity contribution in [2.24, 2.45) is 5.73 Å². The summed E-state index contributed by atoms with van der Waals surface area (Å²) in [7, 11) is 3.31. The van der Waals surface area contributed by atoms with Crippen LogP contribution in [0.25, 0.3) is 0 Å². The highest BCUT2D eigenvalue weighted by Gasteiger charge is 2.08. The van der Waals surface area contributed by atoms with Gasteiger partial charge in [0, 0.05) is 12.1 Å². The van der Waals surface area contributed by atoms with E-state index in [-0.39, 0.29) is 6.04 Å². The number of hydrogen-bond donors (Lipinski definition) is 1. The minimum atomic E-state index is 0.187. The summed E-state index contributed by atoms with van der Waals surface area (Å²) in [5.41, 5.74) is 7.04. The molecule has 0 bridgehead atoms. The van der Waals surface area contributed by atoms with Crippen molar-refractivity contribution in [1.82, 2.24) is 0 Å². The van der Waals surface area contributed by atoms with Crippen LogP contribution in [0.2, 0.25) is 0 Å². The molecule has 0 amide bonds. The minimum Gasteiger partial charge on any atom is -0.497 e. The van der Waals surface area contributed by atoms with Crippen LogP contribution in [-0.4, -0.2) is 20.3 Å². The smallest absolute Gasteiger partial charge is 0.125 e. The second-order valence-electron chi connectivity index (χ2n) is 3.55. The Morgan fingerprint density at radius 1 is 1.27 bits per heavy atom. The summed E-state index contributed by atoms with van der Waals surface area (Å²) in [6.07, 6.45) is 1.80. The molecule has 0 aliphatic heterocycles. The predicted octanol–water partition coefficient (Wildman–Crippen LogP) is 1.98. The molecule has 0 heterocycles. The number of nitrogens with two attached hydrogens (primary N) is 1. The van der Waals surface area contributed by atoms with E-state index in [1.165, 1.54) is 0 Å². The number of methoxy groups -OCH3 is 2. The molecule has 2 N–H and O–H groups in total. The molecular weight excluding hydrogens is 190 g/mol. The lowest BCUT2D eigenvalue weighted by molar-refractivity contribution is 0.389. The van der Waals surface area contributed by atoms with E-state index in [0.29, 0.717) is 0 Å². The van der Waals surface area contributed by atoms with Gasteiger partial charge in [-0.15, -0.1) is 0 Å². The van der Waals surface area contributed by atoms with Crippen LogP contribution in [0.15, 0.2) is 18.2 Å². The highest BCUT2D eigenvalue weighted by Crippen LogP contribution is 2.25. The fraction of sp³-hybridized carbons (Fsp3) is 0.500. The van der Waals surface area contributed by atoms with Crippen molar-refractivity contribution in [2.75, 3.05) is 14.2 Å². The van der Waals surface area contributed by atoms with Gasteiger partial charge in [0.25, 0.3) is 0 Å². The summed E-state index contributed by atoms with van der Waals surface area (Å²) in [4.78, 5) is 0. The zero-order chi connectivity index (χ0) is 11.3. The summed E-state index contributed by atoms with van der Waals surface area (Å²) in [5.74, 6) is 1.65. The second kappa shape index (κ2) is 5.61. The maximum Gasteiger partial charge on any atom is 0.125 e. The van der Waals surface area contributed by atoms with E-state index in [9.17, 15) is 0 Å². The fourth-order valence-corrected chi connectivity index (χ4v) is 1.45. The Bertz CT molecular complexity index is 312. The molecular formula is C12H19NO2. The van der Waals surface area contributed by atoms with E-state index in [1.54, 1.807) is 14.2 Å². The Morgan fingerprint density at radius 2 is 2.00 bits per heavy atom. The van der Waals surface area contributed by atoms with Gasteiger partial charge in [-0.1, -0.05) is 13.0 Å². The van der Waals surface area contributed by atoms with Crippen molar-refractivity contribution in [2.45, 2.75) is 25.8 Å². The van der Waals surface area contributed by atoms with E-state index in [2.05, 4.69) is 6.92 Å². The van der Waals surface area contributed by atoms with Gasteiger partial charge in [0.2, 0.25) is 0 Å². The third-order valence-corrected chi connectivity index (χ3v) is 2.50. The predicted molar refractivity (Wildman–Crippen MR) is 61.5 cm³/mol. The molecule has 3 nitrogen and oxygen atoms in total. The number of rotatable bonds is 5. The van der Waals surface area contributed by atoms with Gasteiger partial charge in [0.15, 0.2) is 0 Å². The van der Waals surface area contributed by atoms with Crippen molar-refractivity contribution in [3.63, 3.8) is 0 Å². The molecule has 0 aliphatic carbocycles. The van der Waals surface area contributed by atoms with Crippen LogP contribution in [0.3, 0.4) is 0 Å². The van der Waals surface area contributed by atoms with E-state index >= 15 is 0 Å². The first-order chi connectivity index (χ1) is 7.21. The number of hydrogen-bond acceptors (Lipinski definition) is 3. The normalized spacial score (nSPS) is 12.3. The summed E-state index contributed by atoms with van der Waals surface area (Å²) < 4.78 is 10.4. The van der Waals surface area contributed by atoms with Gasteiger partial charge in [0.1, 0.15) is 11.5 Å². The lowest BCUT2D eigenvalue weighted by atomic mass is 10.0. The Hall–Kier alpha value is -1.22. The summed E-state index contributed by atoms with van der Waals surface area (Å²) in [6.45, 7) is 2.08. The van der Waals surface area contributed by atoms with E-state index in [1.807, 2.05) is 18.2 Å². The lowest BCUT2D eigenvalue weighted by Gasteiger charge is -2.13. The van der Waals surface area contributed by atoms with Gasteiger partial charge < -0.3 is 15.2 Å². The molecule has 0 saturated heterocycles. The first-order valence-corrected chi connectivity index (χ1v) is 5.17. The van der Waals surface area contributed by atoms with Crippen LogP contribution in [0, 0.1) is 0 Å². The van der Waals surface area contributed by atoms with Crippen LogP contribution in [0.1, 0.15) is 18.9 Å². The van der Waals surface area contributed by atoms with Gasteiger partial charge in [0.05, 0.1) is 14.2 Å². The van der Waals surface area contributed by atoms with Crippen molar-refractivity contribution >= 4 is 0 Å². The standard InChI is InChI=1S/C12H19NO2/c1-4-10(13)7-9-5-6-11(14-2)8-12(9)15-3/h5-6,8,10H,4,7,13H2,1-3H3. The molecule has 1 rings (SSSR count). The molecule has 0 aliphatic rings. The Balaban J connectivity index is 2.87. The average Bonchev–Trinajstić information content (AvgIpc) is 2.29. The molecule has 1 unspecified atom stereocenters. The molecule has 0 radical (unpaired) electrons. The highest BCUT2D eigenvalue weighted by molar-refractivity contribution is 5.41. The van der Waals surface area contributed by atoms with E-state index in [0.717, 1.165) is 29.9 Å². The highest BCUT2D eigenvalue weighted by atomic mass is 16.5. The van der Waals surface area contributed by atoms with Crippen LogP contribution in [0.4, 0.5) is 0 Å². The molecule has 0 aromatic heterocycles. The van der Waals surface area contributed by atoms with Gasteiger partial charge in [-0.2, -0.15) is 0 Å². The SMILES string of the molecule is CCC(N)Cc1ccc(OC)cc1OC. The van der Waals surface area contributed by atoms with Gasteiger partial charge in [-0.3, -0.25) is 0 Å². The third-order valence-electron chi connectivity index (χ3n) is 2.50. The molecule has 1 atom stereocenters. The summed E-state index contributed by atoms with van der Waals surface area (Å²) in [5, 5.41) is 0. The third kappa shape index (κ3) is 3.13. The van der Waals surface area contributed by atoms with Crippen molar-refractivity contribution < 1.29 is 9.47 Å². The second-order valence-corrected chi connectivity index (χ2v) is 3.55. The van der Waals surface area contributed by atoms with Crippen LogP contribution in [0.5, 0.6) is 11.5 Å². The first kappa shape index (κ1) is 11.9. The minimum absolute atomic E-state index is 0.187. The molecule has 84 valence electrons. The maximum absolute atomic E-state index is 5.91. The maximum atomic E-state index is 5.91. The van der Waals surface area contributed by atoms with Gasteiger partial charge in [-0.05, 0) is 24.5 Å². The number of ether oxygens (including phenoxy) is 2. The molecule has 0 spiro atoms. The molecule has 3 heteroatoms.